The quantitative estimate of drug-likeness (QED) is 0.761. The minimum atomic E-state index is 0. The van der Waals surface area contributed by atoms with Gasteiger partial charge in [-0.25, -0.2) is 0 Å². The third kappa shape index (κ3) is 6.08. The standard InChI is InChI=1S/C21H28N2O.2ClH/c1-2-19-17-22(13-7-10-18-8-4-3-5-9-18)14-15-23(19)20-11-6-12-21(24)16-20;;/h3-6,8-9,11-12,16,19,24H,2,7,10,13-15,17H2,1H3;2*1H. The first kappa shape index (κ1) is 22.6. The molecule has 1 aliphatic rings. The molecule has 3 rings (SSSR count). The van der Waals surface area contributed by atoms with Gasteiger partial charge in [-0.3, -0.25) is 4.90 Å². The first-order chi connectivity index (χ1) is 11.8. The number of nitrogens with zero attached hydrogens (tertiary/aromatic N) is 2. The number of hydrogen-bond donors (Lipinski definition) is 1. The molecular weight excluding hydrogens is 367 g/mol. The van der Waals surface area contributed by atoms with E-state index in [1.165, 1.54) is 18.5 Å². The van der Waals surface area contributed by atoms with Gasteiger partial charge in [0.15, 0.2) is 0 Å². The predicted octanol–water partition coefficient (Wildman–Crippen LogP) is 4.77. The second-order valence-corrected chi connectivity index (χ2v) is 6.67. The Morgan fingerprint density at radius 1 is 1.00 bits per heavy atom. The lowest BCUT2D eigenvalue weighted by atomic mass is 10.1. The summed E-state index contributed by atoms with van der Waals surface area (Å²) >= 11 is 0. The van der Waals surface area contributed by atoms with E-state index in [-0.39, 0.29) is 24.8 Å². The van der Waals surface area contributed by atoms with Gasteiger partial charge < -0.3 is 10.0 Å². The average molecular weight is 397 g/mol. The second kappa shape index (κ2) is 11.3. The van der Waals surface area contributed by atoms with Crippen molar-refractivity contribution >= 4 is 30.5 Å². The van der Waals surface area contributed by atoms with E-state index in [9.17, 15) is 5.11 Å². The molecule has 1 saturated heterocycles. The molecule has 1 fully saturated rings. The number of piperazine rings is 1. The molecule has 0 aliphatic carbocycles. The van der Waals surface area contributed by atoms with E-state index < -0.39 is 0 Å². The highest BCUT2D eigenvalue weighted by Gasteiger charge is 2.25. The number of anilines is 1. The lowest BCUT2D eigenvalue weighted by Crippen LogP contribution is -2.53. The Morgan fingerprint density at radius 2 is 1.77 bits per heavy atom. The van der Waals surface area contributed by atoms with Crippen LogP contribution in [0.4, 0.5) is 5.69 Å². The molecule has 0 aromatic heterocycles. The van der Waals surface area contributed by atoms with E-state index in [1.54, 1.807) is 6.07 Å². The van der Waals surface area contributed by atoms with Gasteiger partial charge >= 0.3 is 0 Å². The fourth-order valence-electron chi connectivity index (χ4n) is 3.64. The van der Waals surface area contributed by atoms with Crippen LogP contribution in [-0.2, 0) is 6.42 Å². The van der Waals surface area contributed by atoms with Crippen molar-refractivity contribution in [3.05, 3.63) is 60.2 Å². The van der Waals surface area contributed by atoms with E-state index in [2.05, 4.69) is 53.1 Å². The van der Waals surface area contributed by atoms with E-state index in [0.29, 0.717) is 11.8 Å². The summed E-state index contributed by atoms with van der Waals surface area (Å²) in [4.78, 5) is 5.05. The Balaban J connectivity index is 0.00000169. The molecule has 0 spiro atoms. The number of hydrogen-bond acceptors (Lipinski definition) is 3. The summed E-state index contributed by atoms with van der Waals surface area (Å²) in [5, 5.41) is 9.74. The van der Waals surface area contributed by atoms with Crippen LogP contribution < -0.4 is 4.90 Å². The van der Waals surface area contributed by atoms with Crippen LogP contribution in [0.3, 0.4) is 0 Å². The van der Waals surface area contributed by atoms with Gasteiger partial charge in [0.05, 0.1) is 0 Å². The van der Waals surface area contributed by atoms with E-state index in [4.69, 9.17) is 0 Å². The van der Waals surface area contributed by atoms with Crippen LogP contribution in [-0.4, -0.2) is 42.2 Å². The monoisotopic (exact) mass is 396 g/mol. The van der Waals surface area contributed by atoms with Crippen LogP contribution in [0.25, 0.3) is 0 Å². The molecule has 144 valence electrons. The maximum atomic E-state index is 9.74. The van der Waals surface area contributed by atoms with Crippen LogP contribution in [0.2, 0.25) is 0 Å². The van der Waals surface area contributed by atoms with E-state index in [1.807, 2.05) is 12.1 Å². The van der Waals surface area contributed by atoms with Crippen molar-refractivity contribution < 1.29 is 5.11 Å². The van der Waals surface area contributed by atoms with Crippen LogP contribution in [0, 0.1) is 0 Å². The van der Waals surface area contributed by atoms with Crippen molar-refractivity contribution in [2.75, 3.05) is 31.1 Å². The largest absolute Gasteiger partial charge is 0.508 e. The van der Waals surface area contributed by atoms with Gasteiger partial charge in [0.2, 0.25) is 0 Å². The van der Waals surface area contributed by atoms with Crippen molar-refractivity contribution in [2.45, 2.75) is 32.2 Å². The fraction of sp³-hybridized carbons (Fsp3) is 0.429. The SMILES string of the molecule is CCC1CN(CCCc2ccccc2)CCN1c1cccc(O)c1.Cl.Cl. The van der Waals surface area contributed by atoms with E-state index >= 15 is 0 Å². The minimum absolute atomic E-state index is 0. The van der Waals surface area contributed by atoms with Gasteiger partial charge in [0.25, 0.3) is 0 Å². The molecule has 1 atom stereocenters. The Kier molecular flexibility index (Phi) is 9.85. The summed E-state index contributed by atoms with van der Waals surface area (Å²) in [6.07, 6.45) is 3.50. The van der Waals surface area contributed by atoms with Crippen LogP contribution in [0.1, 0.15) is 25.3 Å². The maximum absolute atomic E-state index is 9.74. The minimum Gasteiger partial charge on any atom is -0.508 e. The van der Waals surface area contributed by atoms with Gasteiger partial charge in [-0.1, -0.05) is 43.3 Å². The Morgan fingerprint density at radius 3 is 2.46 bits per heavy atom. The summed E-state index contributed by atoms with van der Waals surface area (Å²) in [5.74, 6) is 0.354. The molecule has 3 nitrogen and oxygen atoms in total. The zero-order valence-electron chi connectivity index (χ0n) is 15.4. The predicted molar refractivity (Wildman–Crippen MR) is 115 cm³/mol. The molecular formula is C21H30Cl2N2O. The van der Waals surface area contributed by atoms with Crippen LogP contribution >= 0.6 is 24.8 Å². The van der Waals surface area contributed by atoms with Crippen molar-refractivity contribution in [1.82, 2.24) is 4.90 Å². The van der Waals surface area contributed by atoms with E-state index in [0.717, 1.165) is 38.2 Å². The number of halogens is 2. The zero-order chi connectivity index (χ0) is 16.8. The molecule has 1 unspecified atom stereocenters. The Hall–Kier alpha value is -1.42. The molecule has 1 heterocycles. The average Bonchev–Trinajstić information content (AvgIpc) is 2.62. The number of phenolic OH excluding ortho intramolecular Hbond substituents is 1. The molecule has 26 heavy (non-hydrogen) atoms. The second-order valence-electron chi connectivity index (χ2n) is 6.67. The fourth-order valence-corrected chi connectivity index (χ4v) is 3.64. The molecule has 2 aromatic carbocycles. The van der Waals surface area contributed by atoms with Crippen molar-refractivity contribution in [3.63, 3.8) is 0 Å². The number of phenols is 1. The summed E-state index contributed by atoms with van der Waals surface area (Å²) in [6.45, 7) is 6.67. The molecule has 0 bridgehead atoms. The summed E-state index contributed by atoms with van der Waals surface area (Å²) in [7, 11) is 0. The highest BCUT2D eigenvalue weighted by Crippen LogP contribution is 2.25. The van der Waals surface area contributed by atoms with Crippen LogP contribution in [0.15, 0.2) is 54.6 Å². The van der Waals surface area contributed by atoms with Gasteiger partial charge in [0, 0.05) is 37.4 Å². The van der Waals surface area contributed by atoms with Gasteiger partial charge in [-0.2, -0.15) is 0 Å². The number of benzene rings is 2. The van der Waals surface area contributed by atoms with Crippen molar-refractivity contribution in [1.29, 1.82) is 0 Å². The smallest absolute Gasteiger partial charge is 0.117 e. The number of aryl methyl sites for hydroxylation is 1. The normalized spacial score (nSPS) is 17.3. The maximum Gasteiger partial charge on any atom is 0.117 e. The summed E-state index contributed by atoms with van der Waals surface area (Å²) < 4.78 is 0. The topological polar surface area (TPSA) is 26.7 Å². The number of aromatic hydroxyl groups is 1. The zero-order valence-corrected chi connectivity index (χ0v) is 17.0. The molecule has 0 saturated carbocycles. The lowest BCUT2D eigenvalue weighted by molar-refractivity contribution is 0.217. The molecule has 5 heteroatoms. The lowest BCUT2D eigenvalue weighted by Gasteiger charge is -2.42. The first-order valence-electron chi connectivity index (χ1n) is 9.08. The van der Waals surface area contributed by atoms with Gasteiger partial charge in [0.1, 0.15) is 5.75 Å². The third-order valence-electron chi connectivity index (χ3n) is 4.98. The summed E-state index contributed by atoms with van der Waals surface area (Å²) in [6, 6.07) is 18.9. The first-order valence-corrected chi connectivity index (χ1v) is 9.08. The molecule has 0 radical (unpaired) electrons. The Labute approximate surface area is 169 Å². The van der Waals surface area contributed by atoms with Gasteiger partial charge in [-0.15, -0.1) is 24.8 Å². The molecule has 1 N–H and O–H groups in total. The summed E-state index contributed by atoms with van der Waals surface area (Å²) in [5.41, 5.74) is 2.58. The number of rotatable bonds is 6. The van der Waals surface area contributed by atoms with Gasteiger partial charge in [-0.05, 0) is 43.5 Å². The highest BCUT2D eigenvalue weighted by molar-refractivity contribution is 5.85. The molecule has 2 aromatic rings. The molecule has 0 amide bonds. The molecule has 1 aliphatic heterocycles. The van der Waals surface area contributed by atoms with Crippen molar-refractivity contribution in [3.8, 4) is 5.75 Å². The Bertz CT molecular complexity index is 639. The van der Waals surface area contributed by atoms with Crippen LogP contribution in [0.5, 0.6) is 5.75 Å². The third-order valence-corrected chi connectivity index (χ3v) is 4.98. The van der Waals surface area contributed by atoms with Crippen molar-refractivity contribution in [2.24, 2.45) is 0 Å². The highest BCUT2D eigenvalue weighted by atomic mass is 35.5.